The number of rotatable bonds is 8. The first-order valence-electron chi connectivity index (χ1n) is 9.69. The molecule has 8 heteroatoms. The van der Waals surface area contributed by atoms with Crippen molar-refractivity contribution in [1.82, 2.24) is 9.29 Å². The minimum atomic E-state index is -3.82. The highest BCUT2D eigenvalue weighted by Crippen LogP contribution is 2.35. The predicted octanol–water partition coefficient (Wildman–Crippen LogP) is 3.23. The van der Waals surface area contributed by atoms with E-state index in [0.717, 1.165) is 12.8 Å². The van der Waals surface area contributed by atoms with Crippen LogP contribution < -0.4 is 0 Å². The Labute approximate surface area is 171 Å². The molecule has 0 bridgehead atoms. The van der Waals surface area contributed by atoms with Crippen LogP contribution in [0.2, 0.25) is 0 Å². The zero-order valence-electron chi connectivity index (χ0n) is 17.1. The lowest BCUT2D eigenvalue weighted by molar-refractivity contribution is 0.0519. The third-order valence-corrected chi connectivity index (χ3v) is 7.19. The molecule has 1 aliphatic carbocycles. The van der Waals surface area contributed by atoms with Gasteiger partial charge in [0.2, 0.25) is 10.0 Å². The number of nitrogens with one attached hydrogen (secondary N) is 1. The lowest BCUT2D eigenvalue weighted by Gasteiger charge is -2.27. The summed E-state index contributed by atoms with van der Waals surface area (Å²) >= 11 is 0. The van der Waals surface area contributed by atoms with Crippen LogP contribution in [0.4, 0.5) is 0 Å². The topological polar surface area (TPSA) is 96.5 Å². The van der Waals surface area contributed by atoms with Gasteiger partial charge in [-0.15, -0.1) is 0 Å². The van der Waals surface area contributed by atoms with E-state index in [-0.39, 0.29) is 29.0 Å². The molecule has 1 aromatic heterocycles. The molecule has 1 aliphatic rings. The molecule has 0 aliphatic heterocycles. The number of carbonyl (C=O) groups is 2. The molecule has 0 spiro atoms. The predicted molar refractivity (Wildman–Crippen MR) is 109 cm³/mol. The third-order valence-electron chi connectivity index (χ3n) is 5.15. The van der Waals surface area contributed by atoms with Crippen molar-refractivity contribution in [2.45, 2.75) is 57.5 Å². The van der Waals surface area contributed by atoms with Crippen LogP contribution in [0.3, 0.4) is 0 Å². The van der Waals surface area contributed by atoms with Crippen molar-refractivity contribution in [1.29, 1.82) is 0 Å². The third kappa shape index (κ3) is 4.00. The Kier molecular flexibility index (Phi) is 5.95. The average Bonchev–Trinajstić information content (AvgIpc) is 3.46. The molecular formula is C21H26N2O5S. The number of aryl methyl sites for hydroxylation is 1. The summed E-state index contributed by atoms with van der Waals surface area (Å²) in [7, 11) is -3.82. The van der Waals surface area contributed by atoms with Gasteiger partial charge in [-0.1, -0.05) is 18.2 Å². The molecule has 0 unspecified atom stereocenters. The molecule has 0 amide bonds. The fourth-order valence-electron chi connectivity index (χ4n) is 3.62. The van der Waals surface area contributed by atoms with E-state index in [0.29, 0.717) is 16.8 Å². The molecule has 1 aromatic carbocycles. The van der Waals surface area contributed by atoms with Gasteiger partial charge in [0.05, 0.1) is 17.5 Å². The summed E-state index contributed by atoms with van der Waals surface area (Å²) in [6.07, 6.45) is 1.45. The van der Waals surface area contributed by atoms with E-state index < -0.39 is 22.0 Å². The van der Waals surface area contributed by atoms with Crippen molar-refractivity contribution in [3.63, 3.8) is 0 Å². The van der Waals surface area contributed by atoms with E-state index in [9.17, 15) is 18.0 Å². The second-order valence-corrected chi connectivity index (χ2v) is 9.11. The summed E-state index contributed by atoms with van der Waals surface area (Å²) in [5.74, 6) is -0.867. The van der Waals surface area contributed by atoms with Gasteiger partial charge in [0, 0.05) is 17.3 Å². The molecule has 1 N–H and O–H groups in total. The maximum atomic E-state index is 13.4. The number of Topliss-reactive ketones (excluding diaryl/α,β-unsaturated/α-hetero) is 1. The van der Waals surface area contributed by atoms with E-state index in [1.165, 1.54) is 16.4 Å². The summed E-state index contributed by atoms with van der Waals surface area (Å²) in [6, 6.07) is 7.06. The molecular weight excluding hydrogens is 392 g/mol. The first-order valence-corrected chi connectivity index (χ1v) is 11.1. The molecule has 3 rings (SSSR count). The zero-order chi connectivity index (χ0) is 21.3. The lowest BCUT2D eigenvalue weighted by atomic mass is 10.0. The van der Waals surface area contributed by atoms with Gasteiger partial charge in [-0.3, -0.25) is 4.79 Å². The van der Waals surface area contributed by atoms with Gasteiger partial charge in [-0.2, -0.15) is 4.31 Å². The number of sulfonamides is 1. The smallest absolute Gasteiger partial charge is 0.355 e. The molecule has 1 fully saturated rings. The van der Waals surface area contributed by atoms with Gasteiger partial charge in [-0.05, 0) is 58.2 Å². The number of benzene rings is 1. The number of ketones is 1. The van der Waals surface area contributed by atoms with Gasteiger partial charge in [0.1, 0.15) is 5.69 Å². The number of aromatic amines is 1. The summed E-state index contributed by atoms with van der Waals surface area (Å²) in [5.41, 5.74) is 1.57. The van der Waals surface area contributed by atoms with Crippen molar-refractivity contribution in [3.05, 3.63) is 52.8 Å². The highest BCUT2D eigenvalue weighted by atomic mass is 32.2. The Morgan fingerprint density at radius 3 is 2.38 bits per heavy atom. The van der Waals surface area contributed by atoms with Crippen LogP contribution in [-0.2, 0) is 14.8 Å². The van der Waals surface area contributed by atoms with E-state index in [1.807, 2.05) is 0 Å². The quantitative estimate of drug-likeness (QED) is 0.524. The highest BCUT2D eigenvalue weighted by Gasteiger charge is 2.44. The summed E-state index contributed by atoms with van der Waals surface area (Å²) in [6.45, 7) is 6.91. The first kappa shape index (κ1) is 21.3. The van der Waals surface area contributed by atoms with Crippen LogP contribution in [0.1, 0.15) is 58.8 Å². The summed E-state index contributed by atoms with van der Waals surface area (Å²) in [4.78, 5) is 28.6. The molecule has 29 heavy (non-hydrogen) atoms. The summed E-state index contributed by atoms with van der Waals surface area (Å²) < 4.78 is 32.9. The van der Waals surface area contributed by atoms with Crippen molar-refractivity contribution in [2.75, 3.05) is 6.61 Å². The minimum Gasteiger partial charge on any atom is -0.461 e. The Bertz CT molecular complexity index is 1020. The number of hydrogen-bond donors (Lipinski definition) is 1. The van der Waals surface area contributed by atoms with Crippen LogP contribution in [0.5, 0.6) is 0 Å². The molecule has 0 saturated heterocycles. The molecule has 2 aromatic rings. The number of nitrogens with zero attached hydrogens (tertiary/aromatic N) is 1. The monoisotopic (exact) mass is 418 g/mol. The van der Waals surface area contributed by atoms with Crippen LogP contribution in [-0.4, -0.2) is 48.2 Å². The van der Waals surface area contributed by atoms with Crippen LogP contribution >= 0.6 is 0 Å². The largest absolute Gasteiger partial charge is 0.461 e. The maximum Gasteiger partial charge on any atom is 0.355 e. The number of hydrogen-bond acceptors (Lipinski definition) is 5. The van der Waals surface area contributed by atoms with Gasteiger partial charge in [0.25, 0.3) is 0 Å². The molecule has 1 atom stereocenters. The Balaban J connectivity index is 1.97. The van der Waals surface area contributed by atoms with Crippen molar-refractivity contribution in [2.24, 2.45) is 0 Å². The van der Waals surface area contributed by atoms with E-state index in [1.54, 1.807) is 45.9 Å². The standard InChI is InChI=1S/C21H26N2O5S/c1-5-28-21(25)19-13(2)18(14(3)22-19)20(24)15(4)23(16-11-12-16)29(26,27)17-9-7-6-8-10-17/h6-10,15-16,22H,5,11-12H2,1-4H3/t15-/m0/s1. The molecule has 0 radical (unpaired) electrons. The highest BCUT2D eigenvalue weighted by molar-refractivity contribution is 7.89. The Morgan fingerprint density at radius 2 is 1.83 bits per heavy atom. The average molecular weight is 419 g/mol. The van der Waals surface area contributed by atoms with Gasteiger partial charge in [-0.25, -0.2) is 13.2 Å². The molecule has 156 valence electrons. The second kappa shape index (κ2) is 8.12. The van der Waals surface area contributed by atoms with E-state index >= 15 is 0 Å². The number of ether oxygens (including phenoxy) is 1. The van der Waals surface area contributed by atoms with Crippen LogP contribution in [0.15, 0.2) is 35.2 Å². The number of carbonyl (C=O) groups excluding carboxylic acids is 2. The fraction of sp³-hybridized carbons (Fsp3) is 0.429. The second-order valence-electron chi connectivity index (χ2n) is 7.26. The van der Waals surface area contributed by atoms with Gasteiger partial charge >= 0.3 is 5.97 Å². The lowest BCUT2D eigenvalue weighted by Crippen LogP contribution is -2.44. The van der Waals surface area contributed by atoms with Gasteiger partial charge < -0.3 is 9.72 Å². The van der Waals surface area contributed by atoms with E-state index in [4.69, 9.17) is 4.74 Å². The van der Waals surface area contributed by atoms with E-state index in [2.05, 4.69) is 4.98 Å². The fourth-order valence-corrected chi connectivity index (χ4v) is 5.48. The van der Waals surface area contributed by atoms with Crippen molar-refractivity contribution >= 4 is 21.8 Å². The zero-order valence-corrected chi connectivity index (χ0v) is 17.9. The van der Waals surface area contributed by atoms with Crippen molar-refractivity contribution in [3.8, 4) is 0 Å². The normalized spacial score (nSPS) is 15.3. The minimum absolute atomic E-state index is 0.168. The Hall–Kier alpha value is -2.45. The molecule has 7 nitrogen and oxygen atoms in total. The van der Waals surface area contributed by atoms with Crippen LogP contribution in [0.25, 0.3) is 0 Å². The SMILES string of the molecule is CCOC(=O)c1[nH]c(C)c(C(=O)[C@H](C)N(C2CC2)S(=O)(=O)c2ccccc2)c1C. The summed E-state index contributed by atoms with van der Waals surface area (Å²) in [5, 5.41) is 0. The first-order chi connectivity index (χ1) is 13.7. The van der Waals surface area contributed by atoms with Crippen LogP contribution in [0, 0.1) is 13.8 Å². The Morgan fingerprint density at radius 1 is 1.21 bits per heavy atom. The molecule has 1 saturated carbocycles. The number of esters is 1. The number of H-pyrrole nitrogens is 1. The number of aromatic nitrogens is 1. The van der Waals surface area contributed by atoms with Crippen molar-refractivity contribution < 1.29 is 22.7 Å². The molecule has 1 heterocycles. The van der Waals surface area contributed by atoms with Gasteiger partial charge in [0.15, 0.2) is 5.78 Å². The maximum absolute atomic E-state index is 13.4.